The lowest BCUT2D eigenvalue weighted by atomic mass is 9.91. The van der Waals surface area contributed by atoms with Crippen molar-refractivity contribution in [2.75, 3.05) is 26.7 Å². The number of nitrogens with zero attached hydrogens (tertiary/aromatic N) is 4. The molecule has 1 N–H and O–H groups in total. The maximum Gasteiger partial charge on any atom is 0.221 e. The first kappa shape index (κ1) is 25.9. The van der Waals surface area contributed by atoms with E-state index in [9.17, 15) is 4.79 Å². The van der Waals surface area contributed by atoms with Crippen molar-refractivity contribution in [3.05, 3.63) is 125 Å². The van der Waals surface area contributed by atoms with Gasteiger partial charge >= 0.3 is 0 Å². The van der Waals surface area contributed by atoms with Gasteiger partial charge < -0.3 is 14.8 Å². The summed E-state index contributed by atoms with van der Waals surface area (Å²) in [6.07, 6.45) is 4.82. The number of likely N-dealkylation sites (N-methyl/N-ethyl adjacent to an activating group) is 1. The number of hydrogen-bond acceptors (Lipinski definition) is 4. The highest BCUT2D eigenvalue weighted by atomic mass is 16.1. The largest absolute Gasteiger partial charge is 0.356 e. The number of carbonyl (C=O) groups is 1. The minimum absolute atomic E-state index is 0.0565. The molecule has 1 aromatic heterocycles. The van der Waals surface area contributed by atoms with Crippen molar-refractivity contribution in [2.45, 2.75) is 25.3 Å². The van der Waals surface area contributed by atoms with E-state index < -0.39 is 0 Å². The van der Waals surface area contributed by atoms with Crippen LogP contribution in [-0.2, 0) is 17.8 Å². The first-order valence-electron chi connectivity index (χ1n) is 12.7. The number of amides is 1. The van der Waals surface area contributed by atoms with Crippen LogP contribution >= 0.6 is 0 Å². The van der Waals surface area contributed by atoms with E-state index in [1.165, 1.54) is 11.1 Å². The number of rotatable bonds is 12. The van der Waals surface area contributed by atoms with E-state index in [1.54, 1.807) is 6.33 Å². The Hall–Kier alpha value is -4.21. The molecule has 0 spiro atoms. The van der Waals surface area contributed by atoms with E-state index in [0.29, 0.717) is 38.0 Å². The van der Waals surface area contributed by atoms with Crippen LogP contribution < -0.4 is 5.32 Å². The SMILES string of the molecule is CN(CCC(=O)NCCc1cncn1Cc1ccc(C#N)cc1)CC(c1ccccc1)c1ccccc1. The lowest BCUT2D eigenvalue weighted by molar-refractivity contribution is -0.121. The van der Waals surface area contributed by atoms with Crippen LogP contribution in [0.4, 0.5) is 0 Å². The zero-order chi connectivity index (χ0) is 25.9. The molecule has 1 amide bonds. The number of nitriles is 1. The van der Waals surface area contributed by atoms with Gasteiger partial charge in [0.1, 0.15) is 0 Å². The van der Waals surface area contributed by atoms with E-state index in [0.717, 1.165) is 17.8 Å². The Morgan fingerprint density at radius 2 is 1.65 bits per heavy atom. The maximum atomic E-state index is 12.6. The van der Waals surface area contributed by atoms with Crippen LogP contribution in [0.1, 0.15) is 40.3 Å². The molecule has 0 aliphatic carbocycles. The Bertz CT molecular complexity index is 1250. The lowest BCUT2D eigenvalue weighted by Crippen LogP contribution is -2.32. The molecule has 3 aromatic carbocycles. The van der Waals surface area contributed by atoms with Gasteiger partial charge in [0.2, 0.25) is 5.91 Å². The second kappa shape index (κ2) is 13.2. The number of benzene rings is 3. The summed E-state index contributed by atoms with van der Waals surface area (Å²) in [6, 6.07) is 30.8. The fourth-order valence-electron chi connectivity index (χ4n) is 4.47. The summed E-state index contributed by atoms with van der Waals surface area (Å²) in [6.45, 7) is 2.79. The Kier molecular flexibility index (Phi) is 9.23. The Morgan fingerprint density at radius 3 is 2.27 bits per heavy atom. The van der Waals surface area contributed by atoms with Crippen molar-refractivity contribution < 1.29 is 4.79 Å². The molecule has 37 heavy (non-hydrogen) atoms. The quantitative estimate of drug-likeness (QED) is 0.314. The van der Waals surface area contributed by atoms with Gasteiger partial charge in [0.15, 0.2) is 0 Å². The zero-order valence-corrected chi connectivity index (χ0v) is 21.3. The van der Waals surface area contributed by atoms with E-state index in [-0.39, 0.29) is 11.8 Å². The van der Waals surface area contributed by atoms with Gasteiger partial charge in [-0.3, -0.25) is 4.79 Å². The van der Waals surface area contributed by atoms with Crippen molar-refractivity contribution in [3.63, 3.8) is 0 Å². The van der Waals surface area contributed by atoms with Crippen LogP contribution in [0.3, 0.4) is 0 Å². The average Bonchev–Trinajstić information content (AvgIpc) is 3.38. The topological polar surface area (TPSA) is 74.0 Å². The number of hydrogen-bond donors (Lipinski definition) is 1. The molecule has 0 radical (unpaired) electrons. The molecule has 0 aliphatic heterocycles. The third kappa shape index (κ3) is 7.63. The molecule has 0 atom stereocenters. The van der Waals surface area contributed by atoms with E-state index >= 15 is 0 Å². The van der Waals surface area contributed by atoms with E-state index in [1.807, 2.05) is 42.6 Å². The van der Waals surface area contributed by atoms with Crippen molar-refractivity contribution in [3.8, 4) is 6.07 Å². The van der Waals surface area contributed by atoms with Crippen LogP contribution in [0, 0.1) is 11.3 Å². The lowest BCUT2D eigenvalue weighted by Gasteiger charge is -2.25. The minimum atomic E-state index is 0.0565. The summed E-state index contributed by atoms with van der Waals surface area (Å²) in [5, 5.41) is 12.0. The van der Waals surface area contributed by atoms with Crippen LogP contribution in [-0.4, -0.2) is 47.0 Å². The number of aromatic nitrogens is 2. The standard InChI is InChI=1S/C31H33N5O/c1-35(23-30(27-8-4-2-5-9-27)28-10-6-3-7-11-28)19-17-31(37)34-18-16-29-21-33-24-36(29)22-26-14-12-25(20-32)13-15-26/h2-15,21,24,30H,16-19,22-23H2,1H3,(H,34,37). The Balaban J connectivity index is 1.23. The molecule has 4 aromatic rings. The second-order valence-electron chi connectivity index (χ2n) is 9.31. The van der Waals surface area contributed by atoms with Crippen molar-refractivity contribution in [1.29, 1.82) is 5.26 Å². The first-order chi connectivity index (χ1) is 18.1. The summed E-state index contributed by atoms with van der Waals surface area (Å²) in [7, 11) is 2.08. The first-order valence-corrected chi connectivity index (χ1v) is 12.7. The summed E-state index contributed by atoms with van der Waals surface area (Å²) in [4.78, 5) is 19.1. The Morgan fingerprint density at radius 1 is 1.00 bits per heavy atom. The summed E-state index contributed by atoms with van der Waals surface area (Å²) in [5.41, 5.74) is 5.38. The molecule has 188 valence electrons. The molecule has 4 rings (SSSR count). The molecular formula is C31H33N5O. The summed E-state index contributed by atoms with van der Waals surface area (Å²) in [5.74, 6) is 0.313. The maximum absolute atomic E-state index is 12.6. The van der Waals surface area contributed by atoms with Gasteiger partial charge in [0.25, 0.3) is 0 Å². The molecule has 0 saturated carbocycles. The predicted molar refractivity (Wildman–Crippen MR) is 146 cm³/mol. The molecule has 0 aliphatic rings. The monoisotopic (exact) mass is 491 g/mol. The van der Waals surface area contributed by atoms with Gasteiger partial charge in [-0.25, -0.2) is 4.98 Å². The number of nitrogens with one attached hydrogen (secondary N) is 1. The predicted octanol–water partition coefficient (Wildman–Crippen LogP) is 4.62. The highest BCUT2D eigenvalue weighted by Gasteiger charge is 2.17. The molecule has 0 bridgehead atoms. The van der Waals surface area contributed by atoms with Crippen molar-refractivity contribution in [1.82, 2.24) is 19.8 Å². The average molecular weight is 492 g/mol. The van der Waals surface area contributed by atoms with Crippen LogP contribution in [0.15, 0.2) is 97.5 Å². The zero-order valence-electron chi connectivity index (χ0n) is 21.3. The van der Waals surface area contributed by atoms with E-state index in [2.05, 4.69) is 81.4 Å². The molecule has 0 fully saturated rings. The van der Waals surface area contributed by atoms with Gasteiger partial charge in [-0.2, -0.15) is 5.26 Å². The van der Waals surface area contributed by atoms with E-state index in [4.69, 9.17) is 5.26 Å². The fraction of sp³-hybridized carbons (Fsp3) is 0.258. The van der Waals surface area contributed by atoms with Gasteiger partial charge in [-0.1, -0.05) is 72.8 Å². The fourth-order valence-corrected chi connectivity index (χ4v) is 4.47. The molecule has 6 nitrogen and oxygen atoms in total. The highest BCUT2D eigenvalue weighted by molar-refractivity contribution is 5.76. The minimum Gasteiger partial charge on any atom is -0.356 e. The third-order valence-corrected chi connectivity index (χ3v) is 6.56. The molecule has 0 saturated heterocycles. The van der Waals surface area contributed by atoms with Gasteiger partial charge in [0, 0.05) is 56.8 Å². The van der Waals surface area contributed by atoms with Crippen LogP contribution in [0.25, 0.3) is 0 Å². The molecule has 6 heteroatoms. The number of carbonyl (C=O) groups excluding carboxylic acids is 1. The van der Waals surface area contributed by atoms with Gasteiger partial charge in [0.05, 0.1) is 18.0 Å². The summed E-state index contributed by atoms with van der Waals surface area (Å²) < 4.78 is 2.08. The molecular weight excluding hydrogens is 458 g/mol. The Labute approximate surface area is 219 Å². The number of imidazole rings is 1. The van der Waals surface area contributed by atoms with Crippen molar-refractivity contribution in [2.24, 2.45) is 0 Å². The van der Waals surface area contributed by atoms with Gasteiger partial charge in [-0.15, -0.1) is 0 Å². The van der Waals surface area contributed by atoms with Crippen LogP contribution in [0.5, 0.6) is 0 Å². The normalized spacial score (nSPS) is 11.0. The third-order valence-electron chi connectivity index (χ3n) is 6.56. The van der Waals surface area contributed by atoms with Gasteiger partial charge in [-0.05, 0) is 35.9 Å². The van der Waals surface area contributed by atoms with Crippen molar-refractivity contribution >= 4 is 5.91 Å². The van der Waals surface area contributed by atoms with Crippen LogP contribution in [0.2, 0.25) is 0 Å². The highest BCUT2D eigenvalue weighted by Crippen LogP contribution is 2.25. The summed E-state index contributed by atoms with van der Waals surface area (Å²) >= 11 is 0. The smallest absolute Gasteiger partial charge is 0.221 e. The molecule has 0 unspecified atom stereocenters. The molecule has 1 heterocycles. The second-order valence-corrected chi connectivity index (χ2v) is 9.31.